The SMILES string of the molecule is CC1CC(C)CN(CCC(C)(N)C#N)C1. The van der Waals surface area contributed by atoms with Crippen molar-refractivity contribution in [3.05, 3.63) is 0 Å². The molecule has 2 N–H and O–H groups in total. The Labute approximate surface area is 93.2 Å². The Hall–Kier alpha value is -0.590. The van der Waals surface area contributed by atoms with Gasteiger partial charge in [-0.1, -0.05) is 13.8 Å². The van der Waals surface area contributed by atoms with Gasteiger partial charge in [0.15, 0.2) is 0 Å². The molecule has 1 aliphatic heterocycles. The maximum Gasteiger partial charge on any atom is 0.102 e. The zero-order chi connectivity index (χ0) is 11.5. The largest absolute Gasteiger partial charge is 0.314 e. The van der Waals surface area contributed by atoms with Gasteiger partial charge in [0.2, 0.25) is 0 Å². The number of nitriles is 1. The molecule has 3 atom stereocenters. The van der Waals surface area contributed by atoms with Crippen LogP contribution in [-0.4, -0.2) is 30.1 Å². The summed E-state index contributed by atoms with van der Waals surface area (Å²) in [5, 5.41) is 8.83. The second-order valence-corrected chi connectivity index (χ2v) is 5.48. The molecule has 1 saturated heterocycles. The smallest absolute Gasteiger partial charge is 0.102 e. The van der Waals surface area contributed by atoms with Crippen LogP contribution in [0.25, 0.3) is 0 Å². The number of nitrogens with zero attached hydrogens (tertiary/aromatic N) is 2. The summed E-state index contributed by atoms with van der Waals surface area (Å²) in [6, 6.07) is 2.15. The fourth-order valence-corrected chi connectivity index (χ4v) is 2.42. The molecule has 0 amide bonds. The van der Waals surface area contributed by atoms with E-state index >= 15 is 0 Å². The molecule has 0 spiro atoms. The van der Waals surface area contributed by atoms with Gasteiger partial charge < -0.3 is 10.6 Å². The van der Waals surface area contributed by atoms with Gasteiger partial charge in [0, 0.05) is 19.6 Å². The molecule has 3 unspecified atom stereocenters. The molecule has 15 heavy (non-hydrogen) atoms. The predicted octanol–water partition coefficient (Wildman–Crippen LogP) is 1.60. The molecule has 1 fully saturated rings. The van der Waals surface area contributed by atoms with E-state index in [1.807, 2.05) is 6.92 Å². The monoisotopic (exact) mass is 209 g/mol. The van der Waals surface area contributed by atoms with Crippen LogP contribution in [0.4, 0.5) is 0 Å². The van der Waals surface area contributed by atoms with Crippen LogP contribution in [0, 0.1) is 23.2 Å². The lowest BCUT2D eigenvalue weighted by molar-refractivity contribution is 0.135. The summed E-state index contributed by atoms with van der Waals surface area (Å²) in [6.07, 6.45) is 2.09. The topological polar surface area (TPSA) is 53.0 Å². The van der Waals surface area contributed by atoms with Crippen LogP contribution in [0.5, 0.6) is 0 Å². The Bertz CT molecular complexity index is 232. The lowest BCUT2D eigenvalue weighted by atomic mass is 9.91. The van der Waals surface area contributed by atoms with Crippen molar-refractivity contribution in [1.29, 1.82) is 5.26 Å². The Balaban J connectivity index is 2.36. The standard InChI is InChI=1S/C12H23N3/c1-10-6-11(2)8-15(7-10)5-4-12(3,14)9-13/h10-11H,4-8,14H2,1-3H3. The zero-order valence-electron chi connectivity index (χ0n) is 10.2. The van der Waals surface area contributed by atoms with Crippen molar-refractivity contribution in [3.63, 3.8) is 0 Å². The summed E-state index contributed by atoms with van der Waals surface area (Å²) < 4.78 is 0. The molecular weight excluding hydrogens is 186 g/mol. The molecule has 3 nitrogen and oxygen atoms in total. The number of nitrogens with two attached hydrogens (primary N) is 1. The third-order valence-corrected chi connectivity index (χ3v) is 3.15. The molecule has 86 valence electrons. The van der Waals surface area contributed by atoms with E-state index in [1.54, 1.807) is 0 Å². The summed E-state index contributed by atoms with van der Waals surface area (Å²) in [5.41, 5.74) is 5.15. The average Bonchev–Trinajstić information content (AvgIpc) is 2.14. The van der Waals surface area contributed by atoms with Crippen molar-refractivity contribution in [2.75, 3.05) is 19.6 Å². The molecule has 0 aromatic rings. The highest BCUT2D eigenvalue weighted by molar-refractivity contribution is 5.01. The lowest BCUT2D eigenvalue weighted by Gasteiger charge is -2.35. The number of hydrogen-bond donors (Lipinski definition) is 1. The zero-order valence-corrected chi connectivity index (χ0v) is 10.2. The van der Waals surface area contributed by atoms with Gasteiger partial charge in [-0.3, -0.25) is 0 Å². The van der Waals surface area contributed by atoms with Gasteiger partial charge >= 0.3 is 0 Å². The fraction of sp³-hybridized carbons (Fsp3) is 0.917. The minimum absolute atomic E-state index is 0.663. The number of rotatable bonds is 3. The Morgan fingerprint density at radius 3 is 2.40 bits per heavy atom. The first-order valence-electron chi connectivity index (χ1n) is 5.85. The van der Waals surface area contributed by atoms with Gasteiger partial charge in [0.25, 0.3) is 0 Å². The number of likely N-dealkylation sites (tertiary alicyclic amines) is 1. The first-order chi connectivity index (χ1) is 6.93. The van der Waals surface area contributed by atoms with Crippen LogP contribution in [0.1, 0.15) is 33.6 Å². The minimum atomic E-state index is -0.663. The third kappa shape index (κ3) is 4.19. The number of piperidine rings is 1. The molecule has 1 rings (SSSR count). The first-order valence-corrected chi connectivity index (χ1v) is 5.85. The average molecular weight is 209 g/mol. The van der Waals surface area contributed by atoms with E-state index < -0.39 is 5.54 Å². The Morgan fingerprint density at radius 2 is 1.93 bits per heavy atom. The second-order valence-electron chi connectivity index (χ2n) is 5.48. The Morgan fingerprint density at radius 1 is 1.40 bits per heavy atom. The van der Waals surface area contributed by atoms with E-state index in [1.165, 1.54) is 6.42 Å². The van der Waals surface area contributed by atoms with Crippen LogP contribution < -0.4 is 5.73 Å². The molecule has 1 heterocycles. The molecule has 0 aromatic heterocycles. The van der Waals surface area contributed by atoms with E-state index in [9.17, 15) is 0 Å². The highest BCUT2D eigenvalue weighted by Gasteiger charge is 2.24. The lowest BCUT2D eigenvalue weighted by Crippen LogP contribution is -2.43. The molecule has 0 saturated carbocycles. The molecular formula is C12H23N3. The predicted molar refractivity (Wildman–Crippen MR) is 62.2 cm³/mol. The van der Waals surface area contributed by atoms with Gasteiger partial charge in [-0.25, -0.2) is 0 Å². The quantitative estimate of drug-likeness (QED) is 0.768. The van der Waals surface area contributed by atoms with Crippen molar-refractivity contribution < 1.29 is 0 Å². The molecule has 0 radical (unpaired) electrons. The van der Waals surface area contributed by atoms with Gasteiger partial charge in [0.05, 0.1) is 6.07 Å². The molecule has 0 aromatic carbocycles. The number of hydrogen-bond acceptors (Lipinski definition) is 3. The van der Waals surface area contributed by atoms with Crippen LogP contribution in [-0.2, 0) is 0 Å². The summed E-state index contributed by atoms with van der Waals surface area (Å²) in [4.78, 5) is 2.45. The van der Waals surface area contributed by atoms with Gasteiger partial charge in [0.1, 0.15) is 5.54 Å². The van der Waals surface area contributed by atoms with E-state index in [-0.39, 0.29) is 0 Å². The first kappa shape index (κ1) is 12.5. The van der Waals surface area contributed by atoms with Gasteiger partial charge in [-0.2, -0.15) is 5.26 Å². The van der Waals surface area contributed by atoms with Crippen LogP contribution in [0.3, 0.4) is 0 Å². The van der Waals surface area contributed by atoms with E-state index in [4.69, 9.17) is 11.0 Å². The normalized spacial score (nSPS) is 31.9. The summed E-state index contributed by atoms with van der Waals surface area (Å²) in [6.45, 7) is 9.68. The molecule has 1 aliphatic rings. The summed E-state index contributed by atoms with van der Waals surface area (Å²) in [7, 11) is 0. The van der Waals surface area contributed by atoms with Crippen LogP contribution >= 0.6 is 0 Å². The molecule has 3 heteroatoms. The second kappa shape index (κ2) is 4.96. The van der Waals surface area contributed by atoms with Crippen molar-refractivity contribution in [2.45, 2.75) is 39.2 Å². The minimum Gasteiger partial charge on any atom is -0.314 e. The molecule has 0 bridgehead atoms. The maximum atomic E-state index is 8.83. The third-order valence-electron chi connectivity index (χ3n) is 3.15. The van der Waals surface area contributed by atoms with Crippen molar-refractivity contribution in [2.24, 2.45) is 17.6 Å². The highest BCUT2D eigenvalue weighted by atomic mass is 15.1. The molecule has 0 aliphatic carbocycles. The van der Waals surface area contributed by atoms with E-state index in [2.05, 4.69) is 24.8 Å². The van der Waals surface area contributed by atoms with E-state index in [0.29, 0.717) is 0 Å². The summed E-state index contributed by atoms with van der Waals surface area (Å²) in [5.74, 6) is 1.56. The van der Waals surface area contributed by atoms with E-state index in [0.717, 1.165) is 37.9 Å². The van der Waals surface area contributed by atoms with Crippen molar-refractivity contribution in [3.8, 4) is 6.07 Å². The highest BCUT2D eigenvalue weighted by Crippen LogP contribution is 2.21. The van der Waals surface area contributed by atoms with Crippen LogP contribution in [0.15, 0.2) is 0 Å². The fourth-order valence-electron chi connectivity index (χ4n) is 2.42. The van der Waals surface area contributed by atoms with Crippen LogP contribution in [0.2, 0.25) is 0 Å². The summed E-state index contributed by atoms with van der Waals surface area (Å²) >= 11 is 0. The maximum absolute atomic E-state index is 8.83. The Kier molecular flexibility index (Phi) is 4.12. The van der Waals surface area contributed by atoms with Gasteiger partial charge in [-0.15, -0.1) is 0 Å². The van der Waals surface area contributed by atoms with Gasteiger partial charge in [-0.05, 0) is 31.6 Å². The van der Waals surface area contributed by atoms with Crippen molar-refractivity contribution >= 4 is 0 Å². The van der Waals surface area contributed by atoms with Crippen molar-refractivity contribution in [1.82, 2.24) is 4.90 Å².